The third-order valence-corrected chi connectivity index (χ3v) is 4.28. The van der Waals surface area contributed by atoms with Crippen molar-refractivity contribution < 1.29 is 9.53 Å². The number of rotatable bonds is 3. The van der Waals surface area contributed by atoms with Gasteiger partial charge in [0.1, 0.15) is 16.9 Å². The van der Waals surface area contributed by atoms with E-state index >= 15 is 0 Å². The Balaban J connectivity index is 1.56. The zero-order valence-corrected chi connectivity index (χ0v) is 12.7. The van der Waals surface area contributed by atoms with E-state index in [9.17, 15) is 4.79 Å². The number of pyridine rings is 1. The molecule has 0 saturated carbocycles. The number of hydrogen-bond donors (Lipinski definition) is 1. The lowest BCUT2D eigenvalue weighted by molar-refractivity contribution is 0.195. The molecule has 1 fully saturated rings. The fourth-order valence-electron chi connectivity index (χ4n) is 2.18. The lowest BCUT2D eigenvalue weighted by atomic mass is 10.3. The third-order valence-electron chi connectivity index (χ3n) is 3.21. The lowest BCUT2D eigenvalue weighted by Crippen LogP contribution is -2.34. The molecular weight excluding hydrogens is 310 g/mol. The number of urea groups is 1. The topological polar surface area (TPSA) is 54.5 Å². The van der Waals surface area contributed by atoms with Crippen LogP contribution in [-0.4, -0.2) is 35.1 Å². The van der Waals surface area contributed by atoms with Crippen LogP contribution in [-0.2, 0) is 0 Å². The number of ether oxygens (including phenoxy) is 1. The molecule has 7 heteroatoms. The number of aromatic nitrogens is 1. The van der Waals surface area contributed by atoms with Gasteiger partial charge in [-0.1, -0.05) is 11.6 Å². The minimum atomic E-state index is -0.0932. The molecule has 5 nitrogen and oxygen atoms in total. The first-order chi connectivity index (χ1) is 10.2. The van der Waals surface area contributed by atoms with Gasteiger partial charge in [0.05, 0.1) is 11.5 Å². The zero-order chi connectivity index (χ0) is 14.7. The maximum absolute atomic E-state index is 12.1. The number of halogens is 1. The summed E-state index contributed by atoms with van der Waals surface area (Å²) in [6.07, 6.45) is 3.93. The van der Waals surface area contributed by atoms with E-state index in [1.165, 1.54) is 11.3 Å². The molecule has 1 aliphatic rings. The summed E-state index contributed by atoms with van der Waals surface area (Å²) in [4.78, 5) is 17.8. The molecule has 3 heterocycles. The molecule has 0 aromatic carbocycles. The van der Waals surface area contributed by atoms with Gasteiger partial charge in [0, 0.05) is 31.4 Å². The Morgan fingerprint density at radius 3 is 3.19 bits per heavy atom. The average molecular weight is 324 g/mol. The van der Waals surface area contributed by atoms with Crippen LogP contribution in [0.5, 0.6) is 5.75 Å². The third kappa shape index (κ3) is 3.46. The predicted octanol–water partition coefficient (Wildman–Crippen LogP) is 3.48. The number of likely N-dealkylation sites (tertiary alicyclic amines) is 1. The molecule has 1 N–H and O–H groups in total. The molecule has 110 valence electrons. The Morgan fingerprint density at radius 1 is 1.52 bits per heavy atom. The van der Waals surface area contributed by atoms with E-state index in [0.29, 0.717) is 23.9 Å². The van der Waals surface area contributed by atoms with Gasteiger partial charge in [-0.3, -0.25) is 10.3 Å². The fraction of sp³-hybridized carbons (Fsp3) is 0.286. The highest BCUT2D eigenvalue weighted by atomic mass is 35.5. The lowest BCUT2D eigenvalue weighted by Gasteiger charge is -2.17. The molecule has 1 aliphatic heterocycles. The fourth-order valence-corrected chi connectivity index (χ4v) is 2.95. The van der Waals surface area contributed by atoms with Crippen molar-refractivity contribution in [3.63, 3.8) is 0 Å². The van der Waals surface area contributed by atoms with E-state index in [1.807, 2.05) is 17.5 Å². The van der Waals surface area contributed by atoms with Crippen LogP contribution in [0.1, 0.15) is 6.42 Å². The first-order valence-corrected chi connectivity index (χ1v) is 7.84. The van der Waals surface area contributed by atoms with Crippen LogP contribution < -0.4 is 10.1 Å². The highest BCUT2D eigenvalue weighted by Crippen LogP contribution is 2.26. The smallest absolute Gasteiger partial charge is 0.322 e. The monoisotopic (exact) mass is 323 g/mol. The van der Waals surface area contributed by atoms with Crippen molar-refractivity contribution in [1.82, 2.24) is 9.88 Å². The number of nitrogens with zero attached hydrogens (tertiary/aromatic N) is 2. The van der Waals surface area contributed by atoms with Crippen LogP contribution in [0.4, 0.5) is 9.80 Å². The molecule has 3 rings (SSSR count). The van der Waals surface area contributed by atoms with E-state index in [-0.39, 0.29) is 12.1 Å². The van der Waals surface area contributed by atoms with Gasteiger partial charge in [0.25, 0.3) is 0 Å². The standard InChI is InChI=1S/C14H14ClN3O2S/c15-11-8-16-5-3-12(11)20-10-4-6-18(9-10)14(19)17-13-2-1-7-21-13/h1-3,5,7-8,10H,4,6,9H2,(H,17,19). The molecule has 0 aliphatic carbocycles. The predicted molar refractivity (Wildman–Crippen MR) is 83.2 cm³/mol. The van der Waals surface area contributed by atoms with E-state index < -0.39 is 0 Å². The second-order valence-corrected chi connectivity index (χ2v) is 6.04. The number of hydrogen-bond acceptors (Lipinski definition) is 4. The molecule has 2 aromatic rings. The maximum atomic E-state index is 12.1. The van der Waals surface area contributed by atoms with Gasteiger partial charge in [-0.05, 0) is 17.5 Å². The molecule has 21 heavy (non-hydrogen) atoms. The molecule has 1 unspecified atom stereocenters. The summed E-state index contributed by atoms with van der Waals surface area (Å²) in [7, 11) is 0. The molecule has 1 saturated heterocycles. The minimum absolute atomic E-state index is 0.0426. The van der Waals surface area contributed by atoms with E-state index in [0.717, 1.165) is 11.4 Å². The van der Waals surface area contributed by atoms with Gasteiger partial charge in [-0.25, -0.2) is 4.79 Å². The van der Waals surface area contributed by atoms with Crippen molar-refractivity contribution in [3.05, 3.63) is 41.0 Å². The second-order valence-electron chi connectivity index (χ2n) is 4.69. The Bertz CT molecular complexity index is 620. The van der Waals surface area contributed by atoms with Crippen LogP contribution in [0.3, 0.4) is 0 Å². The number of carbonyl (C=O) groups is 1. The molecular formula is C14H14ClN3O2S. The van der Waals surface area contributed by atoms with Crippen LogP contribution in [0.25, 0.3) is 0 Å². The van der Waals surface area contributed by atoms with Crippen LogP contribution in [0.2, 0.25) is 5.02 Å². The molecule has 0 radical (unpaired) electrons. The number of anilines is 1. The summed E-state index contributed by atoms with van der Waals surface area (Å²) in [5, 5.41) is 6.13. The number of carbonyl (C=O) groups excluding carboxylic acids is 1. The van der Waals surface area contributed by atoms with Gasteiger partial charge in [0.15, 0.2) is 0 Å². The summed E-state index contributed by atoms with van der Waals surface area (Å²) in [5.74, 6) is 0.609. The van der Waals surface area contributed by atoms with Gasteiger partial charge in [-0.15, -0.1) is 11.3 Å². The quantitative estimate of drug-likeness (QED) is 0.940. The minimum Gasteiger partial charge on any atom is -0.487 e. The van der Waals surface area contributed by atoms with Crippen LogP contribution in [0, 0.1) is 0 Å². The SMILES string of the molecule is O=C(Nc1cccs1)N1CCC(Oc2ccncc2Cl)C1. The Kier molecular flexibility index (Phi) is 4.26. The molecule has 2 amide bonds. The first kappa shape index (κ1) is 14.2. The molecule has 1 atom stereocenters. The summed E-state index contributed by atoms with van der Waals surface area (Å²) in [6, 6.07) is 5.42. The van der Waals surface area contributed by atoms with Crippen molar-refractivity contribution in [2.75, 3.05) is 18.4 Å². The Hall–Kier alpha value is -1.79. The van der Waals surface area contributed by atoms with Crippen LogP contribution in [0.15, 0.2) is 36.0 Å². The van der Waals surface area contributed by atoms with Gasteiger partial charge >= 0.3 is 6.03 Å². The molecule has 0 spiro atoms. The van der Waals surface area contributed by atoms with Gasteiger partial charge < -0.3 is 9.64 Å². The van der Waals surface area contributed by atoms with Gasteiger partial charge in [0.2, 0.25) is 0 Å². The zero-order valence-electron chi connectivity index (χ0n) is 11.2. The summed E-state index contributed by atoms with van der Waals surface area (Å²) < 4.78 is 5.83. The van der Waals surface area contributed by atoms with Crippen molar-refractivity contribution in [1.29, 1.82) is 0 Å². The summed E-state index contributed by atoms with van der Waals surface area (Å²) in [6.45, 7) is 1.22. The number of amides is 2. The second kappa shape index (κ2) is 6.32. The van der Waals surface area contributed by atoms with E-state index in [4.69, 9.17) is 16.3 Å². The maximum Gasteiger partial charge on any atom is 0.322 e. The largest absolute Gasteiger partial charge is 0.487 e. The molecule has 2 aromatic heterocycles. The summed E-state index contributed by atoms with van der Waals surface area (Å²) in [5.41, 5.74) is 0. The Labute approximate surface area is 131 Å². The molecule has 0 bridgehead atoms. The van der Waals surface area contributed by atoms with Gasteiger partial charge in [-0.2, -0.15) is 0 Å². The normalized spacial score (nSPS) is 17.8. The Morgan fingerprint density at radius 2 is 2.43 bits per heavy atom. The summed E-state index contributed by atoms with van der Waals surface area (Å²) >= 11 is 7.52. The average Bonchev–Trinajstić information content (AvgIpc) is 3.13. The van der Waals surface area contributed by atoms with E-state index in [1.54, 1.807) is 23.4 Å². The van der Waals surface area contributed by atoms with Crippen molar-refractivity contribution >= 4 is 34.0 Å². The van der Waals surface area contributed by atoms with Crippen molar-refractivity contribution in [2.45, 2.75) is 12.5 Å². The van der Waals surface area contributed by atoms with Crippen LogP contribution >= 0.6 is 22.9 Å². The number of nitrogens with one attached hydrogen (secondary N) is 1. The van der Waals surface area contributed by atoms with Crippen molar-refractivity contribution in [2.24, 2.45) is 0 Å². The van der Waals surface area contributed by atoms with Crippen molar-refractivity contribution in [3.8, 4) is 5.75 Å². The highest BCUT2D eigenvalue weighted by Gasteiger charge is 2.28. The first-order valence-electron chi connectivity index (χ1n) is 6.58. The van der Waals surface area contributed by atoms with E-state index in [2.05, 4.69) is 10.3 Å². The highest BCUT2D eigenvalue weighted by molar-refractivity contribution is 7.14. The number of thiophene rings is 1.